The SMILES string of the molecule is Cc1c(C(=O)N2CCN(c3ccc(O)cc3)CC2)oc2c1ccc1ccccc12. The summed E-state index contributed by atoms with van der Waals surface area (Å²) in [5.74, 6) is 0.651. The summed E-state index contributed by atoms with van der Waals surface area (Å²) in [6, 6.07) is 19.4. The number of phenols is 1. The fraction of sp³-hybridized carbons (Fsp3) is 0.208. The van der Waals surface area contributed by atoms with Crippen molar-refractivity contribution in [1.82, 2.24) is 4.90 Å². The molecule has 0 radical (unpaired) electrons. The molecule has 0 unspecified atom stereocenters. The van der Waals surface area contributed by atoms with Crippen LogP contribution in [0.15, 0.2) is 65.1 Å². The van der Waals surface area contributed by atoms with Gasteiger partial charge in [0.25, 0.3) is 5.91 Å². The Kier molecular flexibility index (Phi) is 4.16. The monoisotopic (exact) mass is 386 g/mol. The first-order valence-electron chi connectivity index (χ1n) is 9.86. The van der Waals surface area contributed by atoms with Gasteiger partial charge in [-0.25, -0.2) is 0 Å². The molecule has 0 atom stereocenters. The van der Waals surface area contributed by atoms with E-state index in [1.807, 2.05) is 48.2 Å². The maximum atomic E-state index is 13.2. The molecule has 5 rings (SSSR count). The first-order valence-corrected chi connectivity index (χ1v) is 9.86. The Morgan fingerprint density at radius 1 is 0.897 bits per heavy atom. The molecule has 1 saturated heterocycles. The smallest absolute Gasteiger partial charge is 0.290 e. The van der Waals surface area contributed by atoms with Crippen LogP contribution >= 0.6 is 0 Å². The van der Waals surface area contributed by atoms with Gasteiger partial charge in [0, 0.05) is 48.2 Å². The van der Waals surface area contributed by atoms with Crippen molar-refractivity contribution in [2.75, 3.05) is 31.1 Å². The molecule has 1 aliphatic heterocycles. The number of furan rings is 1. The van der Waals surface area contributed by atoms with Crippen molar-refractivity contribution < 1.29 is 14.3 Å². The van der Waals surface area contributed by atoms with Crippen LogP contribution in [0.2, 0.25) is 0 Å². The number of amides is 1. The van der Waals surface area contributed by atoms with Crippen LogP contribution < -0.4 is 4.90 Å². The Balaban J connectivity index is 1.40. The third-order valence-electron chi connectivity index (χ3n) is 5.80. The molecule has 5 nitrogen and oxygen atoms in total. The number of fused-ring (bicyclic) bond motifs is 3. The maximum absolute atomic E-state index is 13.2. The lowest BCUT2D eigenvalue weighted by atomic mass is 10.1. The number of carbonyl (C=O) groups is 1. The number of phenolic OH excluding ortho intramolecular Hbond substituents is 1. The molecule has 1 fully saturated rings. The number of rotatable bonds is 2. The van der Waals surface area contributed by atoms with Gasteiger partial charge in [0.2, 0.25) is 0 Å². The van der Waals surface area contributed by atoms with Crippen LogP contribution in [-0.2, 0) is 0 Å². The Hall–Kier alpha value is -3.47. The summed E-state index contributed by atoms with van der Waals surface area (Å²) in [6.45, 7) is 4.73. The highest BCUT2D eigenvalue weighted by Crippen LogP contribution is 2.32. The molecule has 0 aliphatic carbocycles. The van der Waals surface area contributed by atoms with Gasteiger partial charge in [0.05, 0.1) is 0 Å². The minimum atomic E-state index is -0.0480. The molecule has 2 heterocycles. The Morgan fingerprint density at radius 3 is 2.38 bits per heavy atom. The zero-order valence-corrected chi connectivity index (χ0v) is 16.3. The van der Waals surface area contributed by atoms with Gasteiger partial charge in [-0.1, -0.05) is 36.4 Å². The van der Waals surface area contributed by atoms with E-state index in [-0.39, 0.29) is 11.7 Å². The molecule has 0 bridgehead atoms. The molecule has 1 aliphatic rings. The van der Waals surface area contributed by atoms with E-state index in [9.17, 15) is 9.90 Å². The van der Waals surface area contributed by atoms with E-state index >= 15 is 0 Å². The quantitative estimate of drug-likeness (QED) is 0.549. The van der Waals surface area contributed by atoms with E-state index in [4.69, 9.17) is 4.42 Å². The molecule has 5 heteroatoms. The van der Waals surface area contributed by atoms with E-state index in [1.165, 1.54) is 0 Å². The molecular formula is C24H22N2O3. The molecule has 146 valence electrons. The molecule has 1 aromatic heterocycles. The number of aryl methyl sites for hydroxylation is 1. The van der Waals surface area contributed by atoms with Crippen LogP contribution in [0.3, 0.4) is 0 Å². The topological polar surface area (TPSA) is 56.9 Å². The second-order valence-electron chi connectivity index (χ2n) is 7.52. The number of hydrogen-bond acceptors (Lipinski definition) is 4. The molecule has 1 N–H and O–H groups in total. The van der Waals surface area contributed by atoms with Gasteiger partial charge in [0.15, 0.2) is 5.76 Å². The van der Waals surface area contributed by atoms with Gasteiger partial charge in [-0.2, -0.15) is 0 Å². The van der Waals surface area contributed by atoms with Gasteiger partial charge in [-0.3, -0.25) is 4.79 Å². The van der Waals surface area contributed by atoms with E-state index < -0.39 is 0 Å². The van der Waals surface area contributed by atoms with Crippen LogP contribution in [0.25, 0.3) is 21.7 Å². The molecule has 1 amide bonds. The molecule has 0 spiro atoms. The van der Waals surface area contributed by atoms with Crippen molar-refractivity contribution in [3.05, 3.63) is 72.0 Å². The second kappa shape index (κ2) is 6.85. The number of benzene rings is 3. The lowest BCUT2D eigenvalue weighted by Gasteiger charge is -2.35. The van der Waals surface area contributed by atoms with Crippen LogP contribution in [0.5, 0.6) is 5.75 Å². The van der Waals surface area contributed by atoms with Gasteiger partial charge < -0.3 is 19.3 Å². The first kappa shape index (κ1) is 17.6. The highest BCUT2D eigenvalue weighted by atomic mass is 16.3. The summed E-state index contributed by atoms with van der Waals surface area (Å²) >= 11 is 0. The summed E-state index contributed by atoms with van der Waals surface area (Å²) in [4.78, 5) is 17.3. The largest absolute Gasteiger partial charge is 0.508 e. The number of aromatic hydroxyl groups is 1. The number of piperazine rings is 1. The van der Waals surface area contributed by atoms with Crippen LogP contribution in [0.4, 0.5) is 5.69 Å². The van der Waals surface area contributed by atoms with E-state index in [0.717, 1.165) is 46.1 Å². The summed E-state index contributed by atoms with van der Waals surface area (Å²) in [5.41, 5.74) is 2.74. The number of carbonyl (C=O) groups excluding carboxylic acids is 1. The third kappa shape index (κ3) is 2.99. The van der Waals surface area contributed by atoms with Gasteiger partial charge in [-0.05, 0) is 36.6 Å². The molecule has 4 aromatic rings. The fourth-order valence-electron chi connectivity index (χ4n) is 4.13. The number of nitrogens with zero attached hydrogens (tertiary/aromatic N) is 2. The minimum Gasteiger partial charge on any atom is -0.508 e. The second-order valence-corrected chi connectivity index (χ2v) is 7.52. The van der Waals surface area contributed by atoms with E-state index in [2.05, 4.69) is 17.0 Å². The predicted molar refractivity (Wildman–Crippen MR) is 115 cm³/mol. The lowest BCUT2D eigenvalue weighted by molar-refractivity contribution is 0.0716. The zero-order chi connectivity index (χ0) is 20.0. The lowest BCUT2D eigenvalue weighted by Crippen LogP contribution is -2.48. The van der Waals surface area contributed by atoms with E-state index in [0.29, 0.717) is 18.8 Å². The normalized spacial score (nSPS) is 14.7. The first-order chi connectivity index (χ1) is 14.1. The van der Waals surface area contributed by atoms with Crippen molar-refractivity contribution in [3.8, 4) is 5.75 Å². The Labute approximate surface area is 168 Å². The summed E-state index contributed by atoms with van der Waals surface area (Å²) in [7, 11) is 0. The molecule has 0 saturated carbocycles. The van der Waals surface area contributed by atoms with Gasteiger partial charge in [-0.15, -0.1) is 0 Å². The minimum absolute atomic E-state index is 0.0480. The summed E-state index contributed by atoms with van der Waals surface area (Å²) in [6.07, 6.45) is 0. The van der Waals surface area contributed by atoms with Crippen LogP contribution in [-0.4, -0.2) is 42.1 Å². The zero-order valence-electron chi connectivity index (χ0n) is 16.3. The Bertz CT molecular complexity index is 1200. The van der Waals surface area contributed by atoms with Crippen molar-refractivity contribution in [2.45, 2.75) is 6.92 Å². The summed E-state index contributed by atoms with van der Waals surface area (Å²) in [5, 5.41) is 12.6. The molecule has 29 heavy (non-hydrogen) atoms. The maximum Gasteiger partial charge on any atom is 0.290 e. The van der Waals surface area contributed by atoms with Crippen molar-refractivity contribution in [3.63, 3.8) is 0 Å². The predicted octanol–water partition coefficient (Wildman–Crippen LogP) is 4.56. The third-order valence-corrected chi connectivity index (χ3v) is 5.80. The molecular weight excluding hydrogens is 364 g/mol. The summed E-state index contributed by atoms with van der Waals surface area (Å²) < 4.78 is 6.12. The van der Waals surface area contributed by atoms with Crippen molar-refractivity contribution in [2.24, 2.45) is 0 Å². The number of hydrogen-bond donors (Lipinski definition) is 1. The fourth-order valence-corrected chi connectivity index (χ4v) is 4.13. The Morgan fingerprint density at radius 2 is 1.62 bits per heavy atom. The number of anilines is 1. The average Bonchev–Trinajstić information content (AvgIpc) is 3.11. The standard InChI is InChI=1S/C24H22N2O3/c1-16-20-11-6-17-4-2-3-5-21(17)23(20)29-22(16)24(28)26-14-12-25(13-15-26)18-7-9-19(27)10-8-18/h2-11,27H,12-15H2,1H3. The molecule has 3 aromatic carbocycles. The van der Waals surface area contributed by atoms with E-state index in [1.54, 1.807) is 12.1 Å². The van der Waals surface area contributed by atoms with Gasteiger partial charge >= 0.3 is 0 Å². The highest BCUT2D eigenvalue weighted by molar-refractivity contribution is 6.08. The van der Waals surface area contributed by atoms with Crippen LogP contribution in [0, 0.1) is 6.92 Å². The average molecular weight is 386 g/mol. The van der Waals surface area contributed by atoms with Crippen molar-refractivity contribution >= 4 is 33.3 Å². The van der Waals surface area contributed by atoms with Gasteiger partial charge in [0.1, 0.15) is 11.3 Å². The highest BCUT2D eigenvalue weighted by Gasteiger charge is 2.27. The van der Waals surface area contributed by atoms with Crippen molar-refractivity contribution in [1.29, 1.82) is 0 Å². The van der Waals surface area contributed by atoms with Crippen LogP contribution in [0.1, 0.15) is 16.1 Å².